The first-order chi connectivity index (χ1) is 32.7. The van der Waals surface area contributed by atoms with Gasteiger partial charge in [-0.15, -0.1) is 0 Å². The van der Waals surface area contributed by atoms with Crippen LogP contribution in [0.1, 0.15) is 0 Å². The Kier molecular flexibility index (Phi) is 9.89. The first-order valence-electron chi connectivity index (χ1n) is 22.7. The van der Waals surface area contributed by atoms with Crippen molar-refractivity contribution in [3.63, 3.8) is 0 Å². The number of anilines is 3. The van der Waals surface area contributed by atoms with E-state index in [-0.39, 0.29) is 0 Å². The molecule has 66 heavy (non-hydrogen) atoms. The molecule has 11 aromatic carbocycles. The lowest BCUT2D eigenvalue weighted by molar-refractivity contribution is 1.17. The first-order valence-corrected chi connectivity index (χ1v) is 22.7. The third kappa shape index (κ3) is 7.02. The van der Waals surface area contributed by atoms with Gasteiger partial charge >= 0.3 is 0 Å². The normalized spacial score (nSPS) is 11.3. The van der Waals surface area contributed by atoms with Crippen molar-refractivity contribution in [1.82, 2.24) is 4.57 Å². The zero-order valence-electron chi connectivity index (χ0n) is 36.3. The Balaban J connectivity index is 1.00. The van der Waals surface area contributed by atoms with E-state index in [9.17, 15) is 0 Å². The molecule has 0 N–H and O–H groups in total. The van der Waals surface area contributed by atoms with E-state index < -0.39 is 0 Å². The molecule has 0 unspecified atom stereocenters. The number of rotatable bonds is 9. The predicted octanol–water partition coefficient (Wildman–Crippen LogP) is 17.7. The molecule has 0 radical (unpaired) electrons. The van der Waals surface area contributed by atoms with Crippen molar-refractivity contribution >= 4 is 49.6 Å². The standard InChI is InChI=1S/C64H44N2/c1-3-18-47(19-4-1)56-25-9-10-28-61(56)64-57(48-20-5-2-6-21-48)29-16-30-58(64)49-37-41-53(42-38-49)65(52-39-35-46(36-40-52)51-34-33-45-17-7-8-22-50(45)43-51)54-23-15-24-55(44-54)66-62-31-13-11-26-59(62)60-27-12-14-32-63(60)66/h1-44H. The first kappa shape index (κ1) is 38.9. The van der Waals surface area contributed by atoms with Crippen molar-refractivity contribution in [2.45, 2.75) is 0 Å². The van der Waals surface area contributed by atoms with Crippen LogP contribution in [0.5, 0.6) is 0 Å². The number of benzene rings is 11. The molecule has 0 atom stereocenters. The highest BCUT2D eigenvalue weighted by molar-refractivity contribution is 6.09. The molecule has 310 valence electrons. The van der Waals surface area contributed by atoms with Gasteiger partial charge in [-0.1, -0.05) is 206 Å². The summed E-state index contributed by atoms with van der Waals surface area (Å²) in [5.41, 5.74) is 18.7. The Morgan fingerprint density at radius 2 is 0.727 bits per heavy atom. The highest BCUT2D eigenvalue weighted by atomic mass is 15.1. The van der Waals surface area contributed by atoms with Crippen LogP contribution < -0.4 is 4.90 Å². The highest BCUT2D eigenvalue weighted by Gasteiger charge is 2.20. The molecule has 0 saturated carbocycles. The van der Waals surface area contributed by atoms with E-state index in [2.05, 4.69) is 276 Å². The third-order valence-corrected chi connectivity index (χ3v) is 13.0. The number of hydrogen-bond acceptors (Lipinski definition) is 1. The third-order valence-electron chi connectivity index (χ3n) is 13.0. The molecule has 2 heteroatoms. The zero-order valence-corrected chi connectivity index (χ0v) is 36.3. The fourth-order valence-electron chi connectivity index (χ4n) is 9.89. The van der Waals surface area contributed by atoms with Gasteiger partial charge < -0.3 is 9.47 Å². The molecule has 0 saturated heterocycles. The maximum absolute atomic E-state index is 2.40. The van der Waals surface area contributed by atoms with Gasteiger partial charge in [-0.3, -0.25) is 0 Å². The summed E-state index contributed by atoms with van der Waals surface area (Å²) in [6, 6.07) is 96.9. The lowest BCUT2D eigenvalue weighted by Gasteiger charge is -2.27. The van der Waals surface area contributed by atoms with E-state index in [1.165, 1.54) is 82.6 Å². The van der Waals surface area contributed by atoms with Crippen molar-refractivity contribution < 1.29 is 0 Å². The number of hydrogen-bond donors (Lipinski definition) is 0. The van der Waals surface area contributed by atoms with Crippen LogP contribution in [-0.2, 0) is 0 Å². The van der Waals surface area contributed by atoms with Gasteiger partial charge in [0.15, 0.2) is 0 Å². The molecular weight excluding hydrogens is 797 g/mol. The van der Waals surface area contributed by atoms with E-state index in [0.717, 1.165) is 28.3 Å². The van der Waals surface area contributed by atoms with Crippen molar-refractivity contribution in [1.29, 1.82) is 0 Å². The quantitative estimate of drug-likeness (QED) is 0.141. The number of aromatic nitrogens is 1. The highest BCUT2D eigenvalue weighted by Crippen LogP contribution is 2.45. The van der Waals surface area contributed by atoms with Crippen LogP contribution >= 0.6 is 0 Å². The molecule has 2 nitrogen and oxygen atoms in total. The second-order valence-electron chi connectivity index (χ2n) is 16.9. The minimum Gasteiger partial charge on any atom is -0.310 e. The van der Waals surface area contributed by atoms with Crippen LogP contribution in [0.25, 0.3) is 93.9 Å². The van der Waals surface area contributed by atoms with E-state index in [1.807, 2.05) is 0 Å². The van der Waals surface area contributed by atoms with Crippen LogP contribution in [0.3, 0.4) is 0 Å². The second kappa shape index (κ2) is 16.8. The Bertz CT molecular complexity index is 3630. The van der Waals surface area contributed by atoms with Crippen molar-refractivity contribution in [3.8, 4) is 61.3 Å². The van der Waals surface area contributed by atoms with Gasteiger partial charge in [-0.05, 0) is 127 Å². The molecule has 12 aromatic rings. The summed E-state index contributed by atoms with van der Waals surface area (Å²) in [4.78, 5) is 2.39. The topological polar surface area (TPSA) is 8.17 Å². The largest absolute Gasteiger partial charge is 0.310 e. The Morgan fingerprint density at radius 3 is 1.38 bits per heavy atom. The molecule has 0 aliphatic heterocycles. The minimum absolute atomic E-state index is 1.07. The van der Waals surface area contributed by atoms with Gasteiger partial charge in [0.1, 0.15) is 0 Å². The van der Waals surface area contributed by atoms with Crippen molar-refractivity contribution in [2.24, 2.45) is 0 Å². The average molecular weight is 841 g/mol. The van der Waals surface area contributed by atoms with E-state index in [4.69, 9.17) is 0 Å². The summed E-state index contributed by atoms with van der Waals surface area (Å²) in [6.45, 7) is 0. The van der Waals surface area contributed by atoms with Crippen LogP contribution in [0.2, 0.25) is 0 Å². The predicted molar refractivity (Wildman–Crippen MR) is 280 cm³/mol. The SMILES string of the molecule is c1ccc(-c2ccccc2-c2c(-c3ccccc3)cccc2-c2ccc(N(c3ccc(-c4ccc5ccccc5c4)cc3)c3cccc(-n4c5ccccc5c5ccccc54)c3)cc2)cc1. The molecule has 0 aliphatic carbocycles. The molecule has 1 aromatic heterocycles. The fraction of sp³-hybridized carbons (Fsp3) is 0. The Labute approximate surface area is 385 Å². The van der Waals surface area contributed by atoms with Gasteiger partial charge in [-0.25, -0.2) is 0 Å². The molecule has 0 fully saturated rings. The Hall–Kier alpha value is -8.72. The lowest BCUT2D eigenvalue weighted by atomic mass is 9.84. The smallest absolute Gasteiger partial charge is 0.0541 e. The fourth-order valence-corrected chi connectivity index (χ4v) is 9.89. The van der Waals surface area contributed by atoms with Gasteiger partial charge in [0.25, 0.3) is 0 Å². The van der Waals surface area contributed by atoms with Gasteiger partial charge in [-0.2, -0.15) is 0 Å². The second-order valence-corrected chi connectivity index (χ2v) is 16.9. The number of para-hydroxylation sites is 2. The summed E-state index contributed by atoms with van der Waals surface area (Å²) in [6.07, 6.45) is 0. The Morgan fingerprint density at radius 1 is 0.258 bits per heavy atom. The van der Waals surface area contributed by atoms with Gasteiger partial charge in [0.05, 0.1) is 11.0 Å². The van der Waals surface area contributed by atoms with Crippen LogP contribution in [0.15, 0.2) is 267 Å². The molecule has 0 aliphatic rings. The van der Waals surface area contributed by atoms with Crippen LogP contribution in [0.4, 0.5) is 17.1 Å². The molecule has 0 amide bonds. The van der Waals surface area contributed by atoms with Gasteiger partial charge in [0, 0.05) is 33.5 Å². The molecule has 1 heterocycles. The van der Waals surface area contributed by atoms with E-state index in [1.54, 1.807) is 0 Å². The summed E-state index contributed by atoms with van der Waals surface area (Å²) in [7, 11) is 0. The number of nitrogens with zero attached hydrogens (tertiary/aromatic N) is 2. The monoisotopic (exact) mass is 840 g/mol. The maximum Gasteiger partial charge on any atom is 0.0541 e. The summed E-state index contributed by atoms with van der Waals surface area (Å²) >= 11 is 0. The average Bonchev–Trinajstić information content (AvgIpc) is 3.74. The lowest BCUT2D eigenvalue weighted by Crippen LogP contribution is -2.10. The summed E-state index contributed by atoms with van der Waals surface area (Å²) < 4.78 is 2.40. The van der Waals surface area contributed by atoms with Crippen molar-refractivity contribution in [2.75, 3.05) is 4.90 Å². The summed E-state index contributed by atoms with van der Waals surface area (Å²) in [5.74, 6) is 0. The molecule has 0 bridgehead atoms. The molecule has 0 spiro atoms. The van der Waals surface area contributed by atoms with Crippen LogP contribution in [-0.4, -0.2) is 4.57 Å². The van der Waals surface area contributed by atoms with Gasteiger partial charge in [0.2, 0.25) is 0 Å². The van der Waals surface area contributed by atoms with E-state index in [0.29, 0.717) is 0 Å². The minimum atomic E-state index is 1.07. The zero-order chi connectivity index (χ0) is 43.8. The maximum atomic E-state index is 2.40. The van der Waals surface area contributed by atoms with Crippen LogP contribution in [0, 0.1) is 0 Å². The van der Waals surface area contributed by atoms with Crippen molar-refractivity contribution in [3.05, 3.63) is 267 Å². The molecule has 12 rings (SSSR count). The number of fused-ring (bicyclic) bond motifs is 4. The molecular formula is C64H44N2. The van der Waals surface area contributed by atoms with E-state index >= 15 is 0 Å². The summed E-state index contributed by atoms with van der Waals surface area (Å²) in [5, 5.41) is 4.98.